The van der Waals surface area contributed by atoms with Crippen molar-refractivity contribution in [2.75, 3.05) is 31.6 Å². The van der Waals surface area contributed by atoms with Crippen LogP contribution in [0.5, 0.6) is 0 Å². The van der Waals surface area contributed by atoms with Gasteiger partial charge in [0.05, 0.1) is 28.3 Å². The standard InChI is InChI=1S/C30H45N9O5S2/c1-18(40)36-19-16-25(41)33-13-6-5-9-23(38-27(43)22(35-17-19)12-15-45-2)28(44)37-21(10-7-14-34-30(31)32)26(42)29-39-20-8-3-4-11-24(20)46-29/h3-4,8,11,19,21-23,35H,5-7,9-10,12-17H2,1-2H3,(H,33,41)(H,36,40)(H,37,44)(H,38,43)(H4,31,32,34)/t19-,21-,22-,23-/m0/s1. The summed E-state index contributed by atoms with van der Waals surface area (Å²) in [7, 11) is 0. The summed E-state index contributed by atoms with van der Waals surface area (Å²) in [4.78, 5) is 73.8. The molecule has 4 atom stereocenters. The molecular weight excluding hydrogens is 631 g/mol. The average molecular weight is 676 g/mol. The molecule has 0 bridgehead atoms. The fourth-order valence-corrected chi connectivity index (χ4v) is 6.45. The number of carbonyl (C=O) groups excluding carboxylic acids is 5. The summed E-state index contributed by atoms with van der Waals surface area (Å²) in [6, 6.07) is 4.36. The fourth-order valence-electron chi connectivity index (χ4n) is 5.02. The number of nitrogens with zero attached hydrogens (tertiary/aromatic N) is 2. The highest BCUT2D eigenvalue weighted by Gasteiger charge is 2.31. The largest absolute Gasteiger partial charge is 0.370 e. The molecule has 0 radical (unpaired) electrons. The highest BCUT2D eigenvalue weighted by Crippen LogP contribution is 2.23. The molecule has 0 unspecified atom stereocenters. The Bertz CT molecular complexity index is 1350. The maximum atomic E-state index is 13.8. The summed E-state index contributed by atoms with van der Waals surface area (Å²) in [6.45, 7) is 2.21. The molecule has 46 heavy (non-hydrogen) atoms. The molecule has 14 nitrogen and oxygen atoms in total. The Hall–Kier alpha value is -3.76. The summed E-state index contributed by atoms with van der Waals surface area (Å²) >= 11 is 2.82. The first-order valence-electron chi connectivity index (χ1n) is 15.4. The molecule has 0 saturated carbocycles. The van der Waals surface area contributed by atoms with Crippen molar-refractivity contribution in [2.24, 2.45) is 16.5 Å². The van der Waals surface area contributed by atoms with E-state index in [1.165, 1.54) is 18.3 Å². The van der Waals surface area contributed by atoms with Crippen LogP contribution in [0.1, 0.15) is 61.7 Å². The number of ketones is 1. The molecule has 1 fully saturated rings. The first-order valence-corrected chi connectivity index (χ1v) is 17.6. The average Bonchev–Trinajstić information content (AvgIpc) is 3.45. The molecule has 1 aromatic carbocycles. The normalized spacial score (nSPS) is 20.4. The van der Waals surface area contributed by atoms with Gasteiger partial charge >= 0.3 is 0 Å². The number of thiazole rings is 1. The maximum absolute atomic E-state index is 13.8. The number of nitrogens with one attached hydrogen (secondary N) is 5. The van der Waals surface area contributed by atoms with Crippen LogP contribution in [0, 0.1) is 0 Å². The van der Waals surface area contributed by atoms with Crippen molar-refractivity contribution in [3.05, 3.63) is 29.3 Å². The minimum atomic E-state index is -0.931. The SMILES string of the molecule is CSCC[C@@H]1NC[C@@H](NC(C)=O)CC(=O)NCCCC[C@@H](C(=O)N[C@@H](CCCN=C(N)N)C(=O)c2nc3ccccc3s2)NC1=O. The van der Waals surface area contributed by atoms with Crippen LogP contribution < -0.4 is 38.1 Å². The van der Waals surface area contributed by atoms with Crippen LogP contribution in [0.25, 0.3) is 10.2 Å². The number of para-hydroxylation sites is 1. The minimum Gasteiger partial charge on any atom is -0.370 e. The number of nitrogens with two attached hydrogens (primary N) is 2. The molecule has 2 aromatic rings. The predicted molar refractivity (Wildman–Crippen MR) is 182 cm³/mol. The van der Waals surface area contributed by atoms with Gasteiger partial charge in [-0.25, -0.2) is 4.98 Å². The lowest BCUT2D eigenvalue weighted by Crippen LogP contribution is -2.56. The van der Waals surface area contributed by atoms with Crippen molar-refractivity contribution in [3.8, 4) is 0 Å². The van der Waals surface area contributed by atoms with E-state index in [0.717, 1.165) is 4.70 Å². The quantitative estimate of drug-likeness (QED) is 0.0710. The van der Waals surface area contributed by atoms with E-state index in [1.54, 1.807) is 11.8 Å². The molecule has 1 aliphatic rings. The van der Waals surface area contributed by atoms with E-state index in [4.69, 9.17) is 11.5 Å². The van der Waals surface area contributed by atoms with Gasteiger partial charge in [-0.15, -0.1) is 11.3 Å². The number of aliphatic imine (C=N–C) groups is 1. The zero-order chi connectivity index (χ0) is 33.5. The summed E-state index contributed by atoms with van der Waals surface area (Å²) < 4.78 is 0.853. The van der Waals surface area contributed by atoms with Crippen LogP contribution in [0.15, 0.2) is 29.3 Å². The first kappa shape index (κ1) is 36.7. The van der Waals surface area contributed by atoms with E-state index in [2.05, 4.69) is 36.6 Å². The number of aromatic nitrogens is 1. The van der Waals surface area contributed by atoms with Crippen LogP contribution in [-0.2, 0) is 19.2 Å². The van der Waals surface area contributed by atoms with E-state index in [0.29, 0.717) is 49.9 Å². The molecule has 1 aromatic heterocycles. The number of fused-ring (bicyclic) bond motifs is 1. The fraction of sp³-hybridized carbons (Fsp3) is 0.567. The molecule has 2 heterocycles. The van der Waals surface area contributed by atoms with Gasteiger partial charge in [0.1, 0.15) is 6.04 Å². The van der Waals surface area contributed by atoms with Crippen molar-refractivity contribution in [1.82, 2.24) is 31.6 Å². The second kappa shape index (κ2) is 19.0. The second-order valence-corrected chi connectivity index (χ2v) is 13.1. The molecule has 0 aliphatic carbocycles. The van der Waals surface area contributed by atoms with Crippen LogP contribution in [0.4, 0.5) is 0 Å². The lowest BCUT2D eigenvalue weighted by Gasteiger charge is -2.27. The number of carbonyl (C=O) groups is 5. The molecule has 252 valence electrons. The number of hydrogen-bond donors (Lipinski definition) is 7. The van der Waals surface area contributed by atoms with Gasteiger partial charge in [-0.2, -0.15) is 11.8 Å². The van der Waals surface area contributed by atoms with Crippen molar-refractivity contribution in [1.29, 1.82) is 0 Å². The third-order valence-electron chi connectivity index (χ3n) is 7.33. The lowest BCUT2D eigenvalue weighted by atomic mass is 10.0. The Labute approximate surface area is 277 Å². The molecule has 9 N–H and O–H groups in total. The van der Waals surface area contributed by atoms with Gasteiger partial charge in [0.15, 0.2) is 11.0 Å². The molecule has 4 amide bonds. The third-order valence-corrected chi connectivity index (χ3v) is 9.03. The van der Waals surface area contributed by atoms with Crippen LogP contribution in [0.3, 0.4) is 0 Å². The van der Waals surface area contributed by atoms with Crippen molar-refractivity contribution < 1.29 is 24.0 Å². The Kier molecular flexibility index (Phi) is 15.2. The van der Waals surface area contributed by atoms with Crippen molar-refractivity contribution >= 4 is 68.7 Å². The molecule has 16 heteroatoms. The molecule has 1 saturated heterocycles. The van der Waals surface area contributed by atoms with E-state index < -0.39 is 30.1 Å². The number of rotatable bonds is 12. The Morgan fingerprint density at radius 3 is 2.70 bits per heavy atom. The lowest BCUT2D eigenvalue weighted by molar-refractivity contribution is -0.130. The molecule has 0 spiro atoms. The third kappa shape index (κ3) is 12.2. The summed E-state index contributed by atoms with van der Waals surface area (Å²) in [5.41, 5.74) is 11.6. The molecular formula is C30H45N9O5S2. The van der Waals surface area contributed by atoms with Gasteiger partial charge in [0.25, 0.3) is 0 Å². The Morgan fingerprint density at radius 1 is 1.20 bits per heavy atom. The highest BCUT2D eigenvalue weighted by atomic mass is 32.2. The van der Waals surface area contributed by atoms with Crippen LogP contribution >= 0.6 is 23.1 Å². The number of thioether (sulfide) groups is 1. The second-order valence-electron chi connectivity index (χ2n) is 11.1. The topological polar surface area (TPSA) is 223 Å². The van der Waals surface area contributed by atoms with Gasteiger partial charge in [0.2, 0.25) is 29.4 Å². The summed E-state index contributed by atoms with van der Waals surface area (Å²) in [5.74, 6) is -1.10. The number of Topliss-reactive ketones (excluding diaryl/α,β-unsaturated/α-hetero) is 1. The van der Waals surface area contributed by atoms with E-state index in [1.807, 2.05) is 30.5 Å². The summed E-state index contributed by atoms with van der Waals surface area (Å²) in [5, 5.41) is 14.9. The number of benzene rings is 1. The van der Waals surface area contributed by atoms with Crippen molar-refractivity contribution in [3.63, 3.8) is 0 Å². The predicted octanol–water partition coefficient (Wildman–Crippen LogP) is 0.408. The zero-order valence-electron chi connectivity index (χ0n) is 26.3. The smallest absolute Gasteiger partial charge is 0.243 e. The Balaban J connectivity index is 1.81. The van der Waals surface area contributed by atoms with E-state index in [9.17, 15) is 24.0 Å². The molecule has 1 aliphatic heterocycles. The molecule has 3 rings (SSSR count). The van der Waals surface area contributed by atoms with Crippen LogP contribution in [0.2, 0.25) is 0 Å². The zero-order valence-corrected chi connectivity index (χ0v) is 27.9. The van der Waals surface area contributed by atoms with E-state index >= 15 is 0 Å². The maximum Gasteiger partial charge on any atom is 0.243 e. The number of guanidine groups is 1. The monoisotopic (exact) mass is 675 g/mol. The van der Waals surface area contributed by atoms with Gasteiger partial charge in [-0.3, -0.25) is 29.0 Å². The Morgan fingerprint density at radius 2 is 1.98 bits per heavy atom. The van der Waals surface area contributed by atoms with Gasteiger partial charge in [-0.05, 0) is 62.7 Å². The first-order chi connectivity index (χ1) is 22.1. The van der Waals surface area contributed by atoms with Crippen LogP contribution in [-0.4, -0.2) is 96.2 Å². The minimum absolute atomic E-state index is 0.0651. The summed E-state index contributed by atoms with van der Waals surface area (Å²) in [6.07, 6.45) is 4.53. The van der Waals surface area contributed by atoms with E-state index in [-0.39, 0.29) is 60.4 Å². The van der Waals surface area contributed by atoms with Gasteiger partial charge in [0, 0.05) is 33.0 Å². The van der Waals surface area contributed by atoms with Gasteiger partial charge < -0.3 is 38.1 Å². The highest BCUT2D eigenvalue weighted by molar-refractivity contribution is 7.98. The number of hydrogen-bond acceptors (Lipinski definition) is 10. The van der Waals surface area contributed by atoms with Crippen molar-refractivity contribution in [2.45, 2.75) is 76.0 Å². The van der Waals surface area contributed by atoms with Gasteiger partial charge in [-0.1, -0.05) is 12.1 Å². The number of amides is 4.